The maximum atomic E-state index is 13.5. The summed E-state index contributed by atoms with van der Waals surface area (Å²) in [7, 11) is 0. The quantitative estimate of drug-likeness (QED) is 0.246. The van der Waals surface area contributed by atoms with Crippen molar-refractivity contribution in [3.63, 3.8) is 0 Å². The molecule has 1 aliphatic rings. The molecule has 1 aliphatic heterocycles. The second-order valence-electron chi connectivity index (χ2n) is 7.82. The van der Waals surface area contributed by atoms with E-state index in [4.69, 9.17) is 4.42 Å². The van der Waals surface area contributed by atoms with Crippen LogP contribution < -0.4 is 15.5 Å². The van der Waals surface area contributed by atoms with E-state index in [9.17, 15) is 18.8 Å². The van der Waals surface area contributed by atoms with E-state index in [1.54, 1.807) is 60.7 Å². The van der Waals surface area contributed by atoms with Gasteiger partial charge in [-0.05, 0) is 78.9 Å². The first-order valence-corrected chi connectivity index (χ1v) is 12.5. The van der Waals surface area contributed by atoms with Gasteiger partial charge in [-0.3, -0.25) is 14.4 Å². The minimum atomic E-state index is -0.565. The van der Waals surface area contributed by atoms with Gasteiger partial charge in [0.2, 0.25) is 0 Å². The summed E-state index contributed by atoms with van der Waals surface area (Å²) in [6.45, 7) is 0. The highest BCUT2D eigenvalue weighted by molar-refractivity contribution is 9.10. The lowest BCUT2D eigenvalue weighted by molar-refractivity contribution is -0.120. The summed E-state index contributed by atoms with van der Waals surface area (Å²) >= 11 is 4.46. The van der Waals surface area contributed by atoms with Crippen LogP contribution in [0.1, 0.15) is 10.6 Å². The Labute approximate surface area is 223 Å². The average Bonchev–Trinajstić information content (AvgIpc) is 3.50. The second-order valence-corrected chi connectivity index (χ2v) is 9.82. The van der Waals surface area contributed by atoms with Crippen LogP contribution in [0, 0.1) is 5.82 Å². The number of furan rings is 1. The molecule has 2 N–H and O–H groups in total. The SMILES string of the molecule is O=C(Nc1cccc(SC2=C(Nc3ccc(Br)cc3)C(=O)N(c3ccc(F)cc3)C2=O)c1)c1ccco1. The largest absolute Gasteiger partial charge is 0.459 e. The highest BCUT2D eigenvalue weighted by atomic mass is 79.9. The van der Waals surface area contributed by atoms with Crippen molar-refractivity contribution in [1.82, 2.24) is 0 Å². The molecule has 10 heteroatoms. The third kappa shape index (κ3) is 5.35. The number of nitrogens with one attached hydrogen (secondary N) is 2. The second kappa shape index (κ2) is 10.5. The van der Waals surface area contributed by atoms with Gasteiger partial charge in [0, 0.05) is 20.7 Å². The fourth-order valence-electron chi connectivity index (χ4n) is 3.57. The van der Waals surface area contributed by atoms with Crippen molar-refractivity contribution in [3.05, 3.63) is 118 Å². The molecular formula is C27H17BrFN3O4S. The lowest BCUT2D eigenvalue weighted by Gasteiger charge is -2.15. The lowest BCUT2D eigenvalue weighted by Crippen LogP contribution is -2.32. The standard InChI is InChI=1S/C27H17BrFN3O4S/c28-16-6-10-18(11-7-16)30-23-24(27(35)32(26(23)34)20-12-8-17(29)9-13-20)37-21-4-1-3-19(15-21)31-25(33)22-5-2-14-36-22/h1-15,30H,(H,31,33). The summed E-state index contributed by atoms with van der Waals surface area (Å²) in [5.74, 6) is -1.85. The highest BCUT2D eigenvalue weighted by Crippen LogP contribution is 2.38. The fourth-order valence-corrected chi connectivity index (χ4v) is 4.82. The van der Waals surface area contributed by atoms with Crippen LogP contribution in [-0.2, 0) is 9.59 Å². The Hall–Kier alpha value is -4.15. The Morgan fingerprint density at radius 2 is 1.65 bits per heavy atom. The number of anilines is 3. The van der Waals surface area contributed by atoms with Crippen molar-refractivity contribution < 1.29 is 23.2 Å². The van der Waals surface area contributed by atoms with Crippen LogP contribution in [-0.4, -0.2) is 17.7 Å². The minimum Gasteiger partial charge on any atom is -0.459 e. The molecule has 3 amide bonds. The molecule has 184 valence electrons. The molecule has 0 bridgehead atoms. The Bertz CT molecular complexity index is 1520. The first kappa shape index (κ1) is 24.5. The van der Waals surface area contributed by atoms with Crippen molar-refractivity contribution in [2.75, 3.05) is 15.5 Å². The van der Waals surface area contributed by atoms with Gasteiger partial charge >= 0.3 is 0 Å². The van der Waals surface area contributed by atoms with Crippen LogP contribution in [0.3, 0.4) is 0 Å². The van der Waals surface area contributed by atoms with E-state index in [2.05, 4.69) is 26.6 Å². The van der Waals surface area contributed by atoms with E-state index in [-0.39, 0.29) is 22.0 Å². The third-order valence-electron chi connectivity index (χ3n) is 5.30. The van der Waals surface area contributed by atoms with Gasteiger partial charge in [0.25, 0.3) is 17.7 Å². The van der Waals surface area contributed by atoms with Crippen molar-refractivity contribution >= 4 is 62.5 Å². The molecule has 0 aliphatic carbocycles. The maximum Gasteiger partial charge on any atom is 0.291 e. The van der Waals surface area contributed by atoms with Crippen LogP contribution in [0.2, 0.25) is 0 Å². The molecule has 0 radical (unpaired) electrons. The van der Waals surface area contributed by atoms with E-state index in [1.807, 2.05) is 0 Å². The Morgan fingerprint density at radius 1 is 0.892 bits per heavy atom. The molecule has 5 rings (SSSR count). The molecule has 2 heterocycles. The smallest absolute Gasteiger partial charge is 0.291 e. The molecule has 7 nitrogen and oxygen atoms in total. The van der Waals surface area contributed by atoms with Gasteiger partial charge in [-0.25, -0.2) is 9.29 Å². The van der Waals surface area contributed by atoms with E-state index in [0.717, 1.165) is 21.1 Å². The number of halogens is 2. The minimum absolute atomic E-state index is 0.0895. The van der Waals surface area contributed by atoms with Gasteiger partial charge in [0.1, 0.15) is 16.4 Å². The van der Waals surface area contributed by atoms with Gasteiger partial charge in [-0.2, -0.15) is 0 Å². The van der Waals surface area contributed by atoms with Gasteiger partial charge < -0.3 is 15.1 Å². The van der Waals surface area contributed by atoms with Gasteiger partial charge in [-0.15, -0.1) is 0 Å². The number of amides is 3. The zero-order chi connectivity index (χ0) is 25.9. The highest BCUT2D eigenvalue weighted by Gasteiger charge is 2.40. The number of hydrogen-bond acceptors (Lipinski definition) is 6. The molecule has 0 fully saturated rings. The van der Waals surface area contributed by atoms with E-state index in [1.165, 1.54) is 30.5 Å². The van der Waals surface area contributed by atoms with E-state index < -0.39 is 23.5 Å². The molecule has 0 saturated carbocycles. The average molecular weight is 578 g/mol. The molecule has 0 spiro atoms. The Kier molecular flexibility index (Phi) is 6.93. The monoisotopic (exact) mass is 577 g/mol. The van der Waals surface area contributed by atoms with Gasteiger partial charge in [-0.1, -0.05) is 33.8 Å². The Morgan fingerprint density at radius 3 is 2.35 bits per heavy atom. The first-order chi connectivity index (χ1) is 17.9. The summed E-state index contributed by atoms with van der Waals surface area (Å²) < 4.78 is 19.5. The van der Waals surface area contributed by atoms with Crippen LogP contribution in [0.4, 0.5) is 21.5 Å². The normalized spacial score (nSPS) is 13.3. The summed E-state index contributed by atoms with van der Waals surface area (Å²) in [6.07, 6.45) is 1.41. The third-order valence-corrected chi connectivity index (χ3v) is 6.90. The number of nitrogens with zero attached hydrogens (tertiary/aromatic N) is 1. The Balaban J connectivity index is 1.46. The molecule has 0 unspecified atom stereocenters. The number of carbonyl (C=O) groups excluding carboxylic acids is 3. The van der Waals surface area contributed by atoms with Crippen LogP contribution in [0.25, 0.3) is 0 Å². The molecule has 0 saturated heterocycles. The first-order valence-electron chi connectivity index (χ1n) is 10.9. The van der Waals surface area contributed by atoms with Gasteiger partial charge in [0.05, 0.1) is 12.0 Å². The van der Waals surface area contributed by atoms with Crippen LogP contribution in [0.15, 0.2) is 116 Å². The van der Waals surface area contributed by atoms with Gasteiger partial charge in [0.15, 0.2) is 5.76 Å². The summed E-state index contributed by atoms with van der Waals surface area (Å²) in [4.78, 5) is 41.0. The van der Waals surface area contributed by atoms with Crippen LogP contribution >= 0.6 is 27.7 Å². The van der Waals surface area contributed by atoms with E-state index in [0.29, 0.717) is 16.3 Å². The number of carbonyl (C=O) groups is 3. The lowest BCUT2D eigenvalue weighted by atomic mass is 10.3. The predicted molar refractivity (Wildman–Crippen MR) is 143 cm³/mol. The van der Waals surface area contributed by atoms with Crippen molar-refractivity contribution in [3.8, 4) is 0 Å². The van der Waals surface area contributed by atoms with E-state index >= 15 is 0 Å². The van der Waals surface area contributed by atoms with Crippen molar-refractivity contribution in [2.45, 2.75) is 4.90 Å². The molecule has 1 aromatic heterocycles. The fraction of sp³-hybridized carbons (Fsp3) is 0. The number of imide groups is 1. The number of thioether (sulfide) groups is 1. The number of rotatable bonds is 7. The number of benzene rings is 3. The molecular weight excluding hydrogens is 561 g/mol. The molecule has 37 heavy (non-hydrogen) atoms. The molecule has 0 atom stereocenters. The predicted octanol–water partition coefficient (Wildman–Crippen LogP) is 6.42. The zero-order valence-corrected chi connectivity index (χ0v) is 21.3. The maximum absolute atomic E-state index is 13.5. The zero-order valence-electron chi connectivity index (χ0n) is 18.9. The molecule has 3 aromatic carbocycles. The topological polar surface area (TPSA) is 91.7 Å². The summed E-state index contributed by atoms with van der Waals surface area (Å²) in [5.41, 5.74) is 1.44. The van der Waals surface area contributed by atoms with Crippen molar-refractivity contribution in [2.24, 2.45) is 0 Å². The molecule has 4 aromatic rings. The summed E-state index contributed by atoms with van der Waals surface area (Å²) in [5, 5.41) is 5.81. The van der Waals surface area contributed by atoms with Crippen molar-refractivity contribution in [1.29, 1.82) is 0 Å². The summed E-state index contributed by atoms with van der Waals surface area (Å²) in [6, 6.07) is 22.3. The number of hydrogen-bond donors (Lipinski definition) is 2. The van der Waals surface area contributed by atoms with Crippen LogP contribution in [0.5, 0.6) is 0 Å².